The smallest absolute Gasteiger partial charge is 0.242 e. The van der Waals surface area contributed by atoms with Gasteiger partial charge in [-0.25, -0.2) is 4.98 Å². The number of pyridine rings is 1. The summed E-state index contributed by atoms with van der Waals surface area (Å²) in [6, 6.07) is 5.58. The molecule has 0 aliphatic heterocycles. The molecule has 0 fully saturated rings. The van der Waals surface area contributed by atoms with E-state index < -0.39 is 0 Å². The predicted octanol–water partition coefficient (Wildman–Crippen LogP) is 1.26. The average molecular weight is 246 g/mol. The van der Waals surface area contributed by atoms with Crippen molar-refractivity contribution in [3.05, 3.63) is 24.0 Å². The second kappa shape index (κ2) is 6.60. The highest BCUT2D eigenvalue weighted by Crippen LogP contribution is 2.15. The molecule has 0 radical (unpaired) electrons. The molecule has 0 saturated heterocycles. The molecular formula is C13H18N4O. The van der Waals surface area contributed by atoms with Gasteiger partial charge < -0.3 is 9.80 Å². The summed E-state index contributed by atoms with van der Waals surface area (Å²) in [5.74, 6) is 0.0512. The summed E-state index contributed by atoms with van der Waals surface area (Å²) in [5, 5.41) is 8.97. The number of rotatable bonds is 5. The minimum absolute atomic E-state index is 0.0512. The first-order chi connectivity index (χ1) is 8.63. The van der Waals surface area contributed by atoms with Gasteiger partial charge in [0.25, 0.3) is 0 Å². The first-order valence-electron chi connectivity index (χ1n) is 5.98. The fraction of sp³-hybridized carbons (Fsp3) is 0.462. The average Bonchev–Trinajstić information content (AvgIpc) is 2.40. The topological polar surface area (TPSA) is 60.2 Å². The molecule has 1 amide bonds. The number of likely N-dealkylation sites (N-methyl/N-ethyl adjacent to an activating group) is 2. The van der Waals surface area contributed by atoms with Crippen LogP contribution in [0.2, 0.25) is 0 Å². The number of nitriles is 1. The highest BCUT2D eigenvalue weighted by atomic mass is 16.2. The molecule has 0 saturated carbocycles. The highest BCUT2D eigenvalue weighted by Gasteiger charge is 2.15. The van der Waals surface area contributed by atoms with E-state index in [-0.39, 0.29) is 12.5 Å². The molecule has 0 aliphatic carbocycles. The van der Waals surface area contributed by atoms with Crippen molar-refractivity contribution in [2.75, 3.05) is 31.6 Å². The summed E-state index contributed by atoms with van der Waals surface area (Å²) < 4.78 is 0. The molecule has 0 bridgehead atoms. The van der Waals surface area contributed by atoms with Gasteiger partial charge in [-0.1, -0.05) is 0 Å². The van der Waals surface area contributed by atoms with Crippen LogP contribution in [-0.2, 0) is 4.79 Å². The quantitative estimate of drug-likeness (QED) is 0.784. The molecule has 5 nitrogen and oxygen atoms in total. The van der Waals surface area contributed by atoms with Crippen molar-refractivity contribution >= 4 is 11.6 Å². The molecule has 1 heterocycles. The number of hydrogen-bond acceptors (Lipinski definition) is 4. The minimum Gasteiger partial charge on any atom is -0.363 e. The summed E-state index contributed by atoms with van der Waals surface area (Å²) in [4.78, 5) is 19.5. The van der Waals surface area contributed by atoms with Gasteiger partial charge in [-0.2, -0.15) is 5.26 Å². The fourth-order valence-corrected chi connectivity index (χ4v) is 1.76. The van der Waals surface area contributed by atoms with Gasteiger partial charge in [0.1, 0.15) is 6.07 Å². The van der Waals surface area contributed by atoms with Gasteiger partial charge in [0.05, 0.1) is 12.2 Å². The Balaban J connectivity index is 2.80. The van der Waals surface area contributed by atoms with Gasteiger partial charge in [-0.05, 0) is 26.0 Å². The molecule has 0 spiro atoms. The molecule has 0 atom stereocenters. The number of amides is 1. The molecule has 1 aromatic rings. The van der Waals surface area contributed by atoms with Crippen molar-refractivity contribution in [3.63, 3.8) is 0 Å². The number of carbonyl (C=O) groups excluding carboxylic acids is 1. The molecule has 0 aliphatic rings. The first-order valence-corrected chi connectivity index (χ1v) is 5.98. The maximum atomic E-state index is 12.0. The number of carbonyl (C=O) groups is 1. The van der Waals surface area contributed by atoms with E-state index in [1.165, 1.54) is 0 Å². The van der Waals surface area contributed by atoms with E-state index in [4.69, 9.17) is 5.26 Å². The van der Waals surface area contributed by atoms with E-state index in [1.807, 2.05) is 19.9 Å². The molecule has 1 rings (SSSR count). The lowest BCUT2D eigenvalue weighted by atomic mass is 10.3. The third-order valence-electron chi connectivity index (χ3n) is 2.79. The van der Waals surface area contributed by atoms with Crippen LogP contribution in [0, 0.1) is 11.3 Å². The van der Waals surface area contributed by atoms with Crippen LogP contribution >= 0.6 is 0 Å². The van der Waals surface area contributed by atoms with Gasteiger partial charge in [-0.15, -0.1) is 0 Å². The maximum Gasteiger partial charge on any atom is 0.242 e. The van der Waals surface area contributed by atoms with E-state index >= 15 is 0 Å². The van der Waals surface area contributed by atoms with Crippen LogP contribution in [0.4, 0.5) is 5.69 Å². The zero-order chi connectivity index (χ0) is 13.5. The van der Waals surface area contributed by atoms with Crippen molar-refractivity contribution in [3.8, 4) is 6.07 Å². The van der Waals surface area contributed by atoms with Crippen molar-refractivity contribution < 1.29 is 4.79 Å². The van der Waals surface area contributed by atoms with Gasteiger partial charge in [0.2, 0.25) is 5.91 Å². The maximum absolute atomic E-state index is 12.0. The van der Waals surface area contributed by atoms with E-state index in [1.54, 1.807) is 35.2 Å². The van der Waals surface area contributed by atoms with E-state index in [0.717, 1.165) is 0 Å². The van der Waals surface area contributed by atoms with Crippen LogP contribution in [0.15, 0.2) is 18.3 Å². The largest absolute Gasteiger partial charge is 0.363 e. The number of anilines is 1. The van der Waals surface area contributed by atoms with Crippen molar-refractivity contribution in [1.29, 1.82) is 5.26 Å². The molecule has 5 heteroatoms. The number of nitrogens with zero attached hydrogens (tertiary/aromatic N) is 4. The Morgan fingerprint density at radius 2 is 2.11 bits per heavy atom. The Kier molecular flexibility index (Phi) is 5.12. The van der Waals surface area contributed by atoms with Crippen LogP contribution in [-0.4, -0.2) is 42.5 Å². The minimum atomic E-state index is 0.0512. The SMILES string of the molecule is CCN(CC)C(=O)CN(C)c1cccnc1C#N. The normalized spacial score (nSPS) is 9.67. The zero-order valence-electron chi connectivity index (χ0n) is 11.1. The molecule has 96 valence electrons. The van der Waals surface area contributed by atoms with Crippen LogP contribution in [0.1, 0.15) is 19.5 Å². The molecular weight excluding hydrogens is 228 g/mol. The Labute approximate surface area is 108 Å². The molecule has 18 heavy (non-hydrogen) atoms. The van der Waals surface area contributed by atoms with Crippen LogP contribution in [0.3, 0.4) is 0 Å². The predicted molar refractivity (Wildman–Crippen MR) is 70.2 cm³/mol. The first kappa shape index (κ1) is 14.0. The van der Waals surface area contributed by atoms with Crippen molar-refractivity contribution in [2.45, 2.75) is 13.8 Å². The van der Waals surface area contributed by atoms with Gasteiger partial charge in [-0.3, -0.25) is 4.79 Å². The fourth-order valence-electron chi connectivity index (χ4n) is 1.76. The Hall–Kier alpha value is -2.09. The number of hydrogen-bond donors (Lipinski definition) is 0. The van der Waals surface area contributed by atoms with Crippen molar-refractivity contribution in [2.24, 2.45) is 0 Å². The standard InChI is InChI=1S/C13H18N4O/c1-4-17(5-2)13(18)10-16(3)12-7-6-8-15-11(12)9-14/h6-8H,4-5,10H2,1-3H3. The van der Waals surface area contributed by atoms with Crippen LogP contribution < -0.4 is 4.90 Å². The summed E-state index contributed by atoms with van der Waals surface area (Å²) in [5.41, 5.74) is 1.02. The Morgan fingerprint density at radius 3 is 2.67 bits per heavy atom. The van der Waals surface area contributed by atoms with E-state index in [2.05, 4.69) is 4.98 Å². The van der Waals surface area contributed by atoms with E-state index in [9.17, 15) is 4.79 Å². The number of aromatic nitrogens is 1. The zero-order valence-corrected chi connectivity index (χ0v) is 11.1. The third-order valence-corrected chi connectivity index (χ3v) is 2.79. The Bertz CT molecular complexity index is 449. The highest BCUT2D eigenvalue weighted by molar-refractivity contribution is 5.81. The summed E-state index contributed by atoms with van der Waals surface area (Å²) >= 11 is 0. The lowest BCUT2D eigenvalue weighted by Crippen LogP contribution is -2.39. The second-order valence-corrected chi connectivity index (χ2v) is 3.91. The molecule has 0 aromatic carbocycles. The van der Waals surface area contributed by atoms with Crippen LogP contribution in [0.5, 0.6) is 0 Å². The third kappa shape index (κ3) is 3.20. The molecule has 0 N–H and O–H groups in total. The molecule has 0 unspecified atom stereocenters. The monoisotopic (exact) mass is 246 g/mol. The summed E-state index contributed by atoms with van der Waals surface area (Å²) in [6.45, 7) is 5.54. The lowest BCUT2D eigenvalue weighted by Gasteiger charge is -2.24. The summed E-state index contributed by atoms with van der Waals surface area (Å²) in [7, 11) is 1.79. The Morgan fingerprint density at radius 1 is 1.44 bits per heavy atom. The van der Waals surface area contributed by atoms with Gasteiger partial charge in [0.15, 0.2) is 5.69 Å². The second-order valence-electron chi connectivity index (χ2n) is 3.91. The lowest BCUT2D eigenvalue weighted by molar-refractivity contribution is -0.129. The van der Waals surface area contributed by atoms with E-state index in [0.29, 0.717) is 24.5 Å². The van der Waals surface area contributed by atoms with Crippen molar-refractivity contribution in [1.82, 2.24) is 9.88 Å². The van der Waals surface area contributed by atoms with Gasteiger partial charge in [0, 0.05) is 26.3 Å². The van der Waals surface area contributed by atoms with Crippen LogP contribution in [0.25, 0.3) is 0 Å². The molecule has 1 aromatic heterocycles. The summed E-state index contributed by atoms with van der Waals surface area (Å²) in [6.07, 6.45) is 1.57. The van der Waals surface area contributed by atoms with Gasteiger partial charge >= 0.3 is 0 Å².